The van der Waals surface area contributed by atoms with E-state index in [9.17, 15) is 4.79 Å². The van der Waals surface area contributed by atoms with Gasteiger partial charge in [-0.25, -0.2) is 0 Å². The largest absolute Gasteiger partial charge is 0.394 e. The van der Waals surface area contributed by atoms with Gasteiger partial charge in [-0.15, -0.1) is 5.06 Å². The molecule has 1 fully saturated rings. The number of hydrogen-bond acceptors (Lipinski definition) is 6. The van der Waals surface area contributed by atoms with Crippen LogP contribution in [0.4, 0.5) is 0 Å². The molecule has 0 aromatic rings. The van der Waals surface area contributed by atoms with Crippen molar-refractivity contribution in [1.82, 2.24) is 5.06 Å². The van der Waals surface area contributed by atoms with Crippen molar-refractivity contribution in [2.45, 2.75) is 6.92 Å². The molecule has 8 nitrogen and oxygen atoms in total. The second-order valence-corrected chi connectivity index (χ2v) is 3.47. The molecular formula is C6H13NO7S. The fourth-order valence-electron chi connectivity index (χ4n) is 0.820. The molecule has 0 atom stereocenters. The van der Waals surface area contributed by atoms with Crippen molar-refractivity contribution in [3.8, 4) is 0 Å². The molecular weight excluding hydrogens is 230 g/mol. The lowest BCUT2D eigenvalue weighted by atomic mass is 10.5. The minimum Gasteiger partial charge on any atom is -0.379 e. The zero-order valence-electron chi connectivity index (χ0n) is 8.12. The Morgan fingerprint density at radius 1 is 1.33 bits per heavy atom. The van der Waals surface area contributed by atoms with Gasteiger partial charge in [-0.05, 0) is 0 Å². The summed E-state index contributed by atoms with van der Waals surface area (Å²) in [6.07, 6.45) is 0. The van der Waals surface area contributed by atoms with E-state index in [2.05, 4.69) is 0 Å². The number of morpholine rings is 1. The van der Waals surface area contributed by atoms with E-state index >= 15 is 0 Å². The van der Waals surface area contributed by atoms with Gasteiger partial charge in [-0.1, -0.05) is 0 Å². The molecule has 9 heteroatoms. The van der Waals surface area contributed by atoms with Crippen LogP contribution in [-0.2, 0) is 24.8 Å². The normalized spacial score (nSPS) is 17.5. The monoisotopic (exact) mass is 243 g/mol. The average molecular weight is 243 g/mol. The molecule has 0 spiro atoms. The lowest BCUT2D eigenvalue weighted by Crippen LogP contribution is -2.37. The maximum Gasteiger partial charge on any atom is 0.394 e. The molecule has 0 aromatic carbocycles. The molecule has 1 saturated heterocycles. The molecule has 1 rings (SSSR count). The number of ether oxygens (including phenoxy) is 1. The van der Waals surface area contributed by atoms with Crippen molar-refractivity contribution in [3.63, 3.8) is 0 Å². The van der Waals surface area contributed by atoms with Crippen LogP contribution in [0.5, 0.6) is 0 Å². The SMILES string of the molecule is CC(=O)ON1CCOCC1.O=S(=O)(O)O. The van der Waals surface area contributed by atoms with Gasteiger partial charge in [0.05, 0.1) is 26.3 Å². The zero-order chi connectivity index (χ0) is 11.9. The second-order valence-electron chi connectivity index (χ2n) is 2.57. The van der Waals surface area contributed by atoms with Gasteiger partial charge in [-0.2, -0.15) is 8.42 Å². The van der Waals surface area contributed by atoms with Gasteiger partial charge < -0.3 is 9.57 Å². The van der Waals surface area contributed by atoms with Crippen molar-refractivity contribution in [3.05, 3.63) is 0 Å². The third-order valence-electron chi connectivity index (χ3n) is 1.23. The van der Waals surface area contributed by atoms with Crippen molar-refractivity contribution in [2.75, 3.05) is 26.3 Å². The van der Waals surface area contributed by atoms with E-state index in [4.69, 9.17) is 27.1 Å². The standard InChI is InChI=1S/C6H11NO3.H2O4S/c1-6(8)10-7-2-4-9-5-3-7;1-5(2,3)4/h2-5H2,1H3;(H2,1,2,3,4). The maximum absolute atomic E-state index is 10.4. The summed E-state index contributed by atoms with van der Waals surface area (Å²) in [5.41, 5.74) is 0. The Labute approximate surface area is 87.3 Å². The molecule has 0 aromatic heterocycles. The van der Waals surface area contributed by atoms with Crippen LogP contribution in [0.25, 0.3) is 0 Å². The predicted molar refractivity (Wildman–Crippen MR) is 48.3 cm³/mol. The van der Waals surface area contributed by atoms with Crippen molar-refractivity contribution in [2.24, 2.45) is 0 Å². The first-order chi connectivity index (χ1) is 6.79. The van der Waals surface area contributed by atoms with Crippen LogP contribution in [0.2, 0.25) is 0 Å². The molecule has 0 saturated carbocycles. The lowest BCUT2D eigenvalue weighted by Gasteiger charge is -2.24. The van der Waals surface area contributed by atoms with Crippen LogP contribution in [0.1, 0.15) is 6.92 Å². The quantitative estimate of drug-likeness (QED) is 0.572. The Bertz CT molecular complexity index is 274. The lowest BCUT2D eigenvalue weighted by molar-refractivity contribution is -0.202. The zero-order valence-corrected chi connectivity index (χ0v) is 8.94. The van der Waals surface area contributed by atoms with E-state index in [1.807, 2.05) is 0 Å². The Morgan fingerprint density at radius 2 is 1.73 bits per heavy atom. The van der Waals surface area contributed by atoms with Gasteiger partial charge in [0.15, 0.2) is 0 Å². The summed E-state index contributed by atoms with van der Waals surface area (Å²) in [4.78, 5) is 15.2. The van der Waals surface area contributed by atoms with Gasteiger partial charge in [0.25, 0.3) is 0 Å². The second kappa shape index (κ2) is 6.69. The number of carbonyl (C=O) groups excluding carboxylic acids is 1. The van der Waals surface area contributed by atoms with E-state index in [1.165, 1.54) is 6.92 Å². The van der Waals surface area contributed by atoms with Gasteiger partial charge in [0, 0.05) is 6.92 Å². The van der Waals surface area contributed by atoms with Gasteiger partial charge in [0.1, 0.15) is 0 Å². The summed E-state index contributed by atoms with van der Waals surface area (Å²) in [7, 11) is -4.67. The van der Waals surface area contributed by atoms with Crippen LogP contribution in [0.15, 0.2) is 0 Å². The van der Waals surface area contributed by atoms with Crippen LogP contribution < -0.4 is 0 Å². The molecule has 15 heavy (non-hydrogen) atoms. The summed E-state index contributed by atoms with van der Waals surface area (Å²) in [6, 6.07) is 0. The summed E-state index contributed by atoms with van der Waals surface area (Å²) in [6.45, 7) is 4.05. The third-order valence-corrected chi connectivity index (χ3v) is 1.23. The van der Waals surface area contributed by atoms with Crippen LogP contribution in [0.3, 0.4) is 0 Å². The van der Waals surface area contributed by atoms with Gasteiger partial charge >= 0.3 is 16.4 Å². The van der Waals surface area contributed by atoms with Crippen molar-refractivity contribution < 1.29 is 31.9 Å². The Morgan fingerprint density at radius 3 is 2.07 bits per heavy atom. The average Bonchev–Trinajstić information content (AvgIpc) is 2.01. The molecule has 0 bridgehead atoms. The molecule has 0 aliphatic carbocycles. The van der Waals surface area contributed by atoms with E-state index in [0.717, 1.165) is 0 Å². The van der Waals surface area contributed by atoms with E-state index in [-0.39, 0.29) is 5.97 Å². The minimum atomic E-state index is -4.67. The number of carbonyl (C=O) groups is 1. The minimum absolute atomic E-state index is 0.262. The highest BCUT2D eigenvalue weighted by Crippen LogP contribution is 1.96. The molecule has 1 aliphatic heterocycles. The van der Waals surface area contributed by atoms with E-state index in [1.54, 1.807) is 5.06 Å². The highest BCUT2D eigenvalue weighted by Gasteiger charge is 2.11. The molecule has 1 aliphatic rings. The first kappa shape index (κ1) is 14.3. The van der Waals surface area contributed by atoms with E-state index in [0.29, 0.717) is 26.3 Å². The number of hydroxylamine groups is 2. The topological polar surface area (TPSA) is 113 Å². The van der Waals surface area contributed by atoms with Crippen LogP contribution >= 0.6 is 0 Å². The molecule has 2 N–H and O–H groups in total. The molecule has 1 heterocycles. The fraction of sp³-hybridized carbons (Fsp3) is 0.833. The highest BCUT2D eigenvalue weighted by molar-refractivity contribution is 7.79. The fourth-order valence-corrected chi connectivity index (χ4v) is 0.820. The van der Waals surface area contributed by atoms with Gasteiger partial charge in [0.2, 0.25) is 0 Å². The van der Waals surface area contributed by atoms with Crippen molar-refractivity contribution in [1.29, 1.82) is 0 Å². The molecule has 90 valence electrons. The molecule has 0 unspecified atom stereocenters. The summed E-state index contributed by atoms with van der Waals surface area (Å²) >= 11 is 0. The number of nitrogens with zero attached hydrogens (tertiary/aromatic N) is 1. The summed E-state index contributed by atoms with van der Waals surface area (Å²) in [5, 5.41) is 1.62. The van der Waals surface area contributed by atoms with Crippen LogP contribution in [0, 0.1) is 0 Å². The number of hydrogen-bond donors (Lipinski definition) is 2. The summed E-state index contributed by atoms with van der Waals surface area (Å²) in [5.74, 6) is -0.262. The smallest absolute Gasteiger partial charge is 0.379 e. The first-order valence-electron chi connectivity index (χ1n) is 4.00. The first-order valence-corrected chi connectivity index (χ1v) is 5.40. The molecule has 0 radical (unpaired) electrons. The summed E-state index contributed by atoms with van der Waals surface area (Å²) < 4.78 is 36.6. The number of rotatable bonds is 1. The van der Waals surface area contributed by atoms with Crippen molar-refractivity contribution >= 4 is 16.4 Å². The Balaban J connectivity index is 0.000000336. The maximum atomic E-state index is 10.4. The highest BCUT2D eigenvalue weighted by atomic mass is 32.3. The Hall–Kier alpha value is -0.740. The van der Waals surface area contributed by atoms with Crippen LogP contribution in [-0.4, -0.2) is 54.9 Å². The van der Waals surface area contributed by atoms with Gasteiger partial charge in [-0.3, -0.25) is 13.9 Å². The Kier molecular flexibility index (Phi) is 6.36. The predicted octanol–water partition coefficient (Wildman–Crippen LogP) is -0.856. The molecule has 0 amide bonds. The van der Waals surface area contributed by atoms with E-state index < -0.39 is 10.4 Å². The third kappa shape index (κ3) is 13.3.